The first-order valence-corrected chi connectivity index (χ1v) is 11.0. The molecule has 12 heteroatoms. The number of oxime groups is 1. The number of hydrogen-bond acceptors (Lipinski definition) is 8. The number of ether oxygens (including phenoxy) is 2. The number of carbonyl (C=O) groups excluding carboxylic acids is 1. The number of alkyl halides is 3. The second kappa shape index (κ2) is 10.00. The largest absolute Gasteiger partial charge is 0.488 e. The minimum atomic E-state index is -4.40. The van der Waals surface area contributed by atoms with Crippen LogP contribution in [0.3, 0.4) is 0 Å². The monoisotopic (exact) mass is 511 g/mol. The Morgan fingerprint density at radius 2 is 1.97 bits per heavy atom. The Balaban J connectivity index is 1.49. The van der Waals surface area contributed by atoms with Gasteiger partial charge in [0.25, 0.3) is 6.23 Å². The Morgan fingerprint density at radius 3 is 2.59 bits per heavy atom. The number of nitrogens with one attached hydrogen (secondary N) is 1. The van der Waals surface area contributed by atoms with Crippen molar-refractivity contribution in [1.82, 2.24) is 10.3 Å². The maximum absolute atomic E-state index is 12.8. The van der Waals surface area contributed by atoms with E-state index in [1.165, 1.54) is 30.6 Å². The van der Waals surface area contributed by atoms with Crippen molar-refractivity contribution in [2.75, 3.05) is 7.11 Å². The number of nitrogens with zero attached hydrogens (tertiary/aromatic N) is 2. The van der Waals surface area contributed by atoms with E-state index in [0.29, 0.717) is 44.7 Å². The van der Waals surface area contributed by atoms with Gasteiger partial charge < -0.3 is 19.6 Å². The van der Waals surface area contributed by atoms with Crippen molar-refractivity contribution < 1.29 is 32.3 Å². The maximum Gasteiger partial charge on any atom is 0.416 e. The van der Waals surface area contributed by atoms with Crippen LogP contribution in [0.4, 0.5) is 13.2 Å². The number of methoxy groups -OCH3 is 1. The number of aromatic nitrogens is 1. The molecule has 1 aromatic heterocycles. The number of halogens is 4. The number of carbonyl (C=O) groups is 1. The van der Waals surface area contributed by atoms with Crippen molar-refractivity contribution >= 4 is 35.1 Å². The number of thiazole rings is 1. The lowest BCUT2D eigenvalue weighted by atomic mass is 10.1. The molecule has 0 spiro atoms. The zero-order valence-electron chi connectivity index (χ0n) is 17.6. The van der Waals surface area contributed by atoms with E-state index < -0.39 is 18.0 Å². The standard InChI is InChI=1S/C22H17ClF3N3O4S/c1-31-10-17-18(34-21(27-17)12-2-4-13(5-3-12)22(24,25)26)11-32-14-6-7-15(16(23)8-14)20-28-19(9-30)33-29-20/h2-9,19H,10-11H2,1H3,(H,28,29). The van der Waals surface area contributed by atoms with Gasteiger partial charge in [-0.25, -0.2) is 4.98 Å². The fourth-order valence-corrected chi connectivity index (χ4v) is 4.32. The lowest BCUT2D eigenvalue weighted by Crippen LogP contribution is -2.31. The van der Waals surface area contributed by atoms with Gasteiger partial charge in [-0.2, -0.15) is 13.2 Å². The summed E-state index contributed by atoms with van der Waals surface area (Å²) in [6.07, 6.45) is -4.68. The predicted octanol–water partition coefficient (Wildman–Crippen LogP) is 5.01. The third-order valence-corrected chi connectivity index (χ3v) is 6.18. The summed E-state index contributed by atoms with van der Waals surface area (Å²) in [6.45, 7) is 0.376. The van der Waals surface area contributed by atoms with Crippen LogP contribution in [0, 0.1) is 0 Å². The molecule has 3 aromatic rings. The van der Waals surface area contributed by atoms with Gasteiger partial charge in [0, 0.05) is 18.2 Å². The van der Waals surface area contributed by atoms with Gasteiger partial charge in [0.15, 0.2) is 12.1 Å². The van der Waals surface area contributed by atoms with Gasteiger partial charge in [0.1, 0.15) is 17.4 Å². The molecule has 178 valence electrons. The highest BCUT2D eigenvalue weighted by Gasteiger charge is 2.30. The summed E-state index contributed by atoms with van der Waals surface area (Å²) in [5.41, 5.74) is 1.02. The van der Waals surface area contributed by atoms with E-state index in [2.05, 4.69) is 15.5 Å². The van der Waals surface area contributed by atoms with Gasteiger partial charge in [-0.1, -0.05) is 28.9 Å². The molecule has 0 saturated carbocycles. The SMILES string of the molecule is COCc1nc(-c2ccc(C(F)(F)F)cc2)sc1COc1ccc(C2=NOC(C=O)N2)c(Cl)c1. The number of aldehydes is 1. The summed E-state index contributed by atoms with van der Waals surface area (Å²) in [7, 11) is 1.53. The minimum absolute atomic E-state index is 0.155. The Kier molecular flexibility index (Phi) is 7.05. The molecule has 0 saturated heterocycles. The van der Waals surface area contributed by atoms with Crippen molar-refractivity contribution in [2.24, 2.45) is 5.16 Å². The molecule has 1 unspecified atom stereocenters. The van der Waals surface area contributed by atoms with E-state index in [1.807, 2.05) is 0 Å². The van der Waals surface area contributed by atoms with E-state index in [-0.39, 0.29) is 13.2 Å². The average molecular weight is 512 g/mol. The topological polar surface area (TPSA) is 82.0 Å². The zero-order valence-corrected chi connectivity index (χ0v) is 19.1. The summed E-state index contributed by atoms with van der Waals surface area (Å²) in [5.74, 6) is 0.813. The van der Waals surface area contributed by atoms with Gasteiger partial charge in [0.2, 0.25) is 0 Å². The fourth-order valence-electron chi connectivity index (χ4n) is 3.08. The van der Waals surface area contributed by atoms with Crippen molar-refractivity contribution in [2.45, 2.75) is 25.6 Å². The van der Waals surface area contributed by atoms with Gasteiger partial charge >= 0.3 is 6.18 Å². The van der Waals surface area contributed by atoms with Crippen LogP contribution in [0.5, 0.6) is 5.75 Å². The quantitative estimate of drug-likeness (QED) is 0.428. The van der Waals surface area contributed by atoms with E-state index in [0.717, 1.165) is 17.0 Å². The fraction of sp³-hybridized carbons (Fsp3) is 0.227. The molecule has 0 fully saturated rings. The number of amidine groups is 1. The molecular formula is C22H17ClF3N3O4S. The summed E-state index contributed by atoms with van der Waals surface area (Å²) >= 11 is 7.64. The van der Waals surface area contributed by atoms with Crippen LogP contribution in [0.1, 0.15) is 21.7 Å². The first-order valence-electron chi connectivity index (χ1n) is 9.82. The molecule has 1 aliphatic heterocycles. The summed E-state index contributed by atoms with van der Waals surface area (Å²) < 4.78 is 49.6. The first kappa shape index (κ1) is 24.0. The van der Waals surface area contributed by atoms with Crippen LogP contribution >= 0.6 is 22.9 Å². The van der Waals surface area contributed by atoms with Gasteiger partial charge in [-0.15, -0.1) is 11.3 Å². The van der Waals surface area contributed by atoms with Crippen molar-refractivity contribution in [3.05, 3.63) is 69.2 Å². The lowest BCUT2D eigenvalue weighted by Gasteiger charge is -2.09. The normalized spacial score (nSPS) is 15.4. The van der Waals surface area contributed by atoms with E-state index in [9.17, 15) is 18.0 Å². The second-order valence-electron chi connectivity index (χ2n) is 7.07. The minimum Gasteiger partial charge on any atom is -0.488 e. The highest BCUT2D eigenvalue weighted by Crippen LogP contribution is 2.34. The van der Waals surface area contributed by atoms with Crippen LogP contribution in [-0.2, 0) is 33.8 Å². The molecule has 0 bridgehead atoms. The van der Waals surface area contributed by atoms with Gasteiger partial charge in [-0.3, -0.25) is 4.79 Å². The molecule has 0 amide bonds. The average Bonchev–Trinajstić information content (AvgIpc) is 3.45. The molecular weight excluding hydrogens is 495 g/mol. The molecule has 1 N–H and O–H groups in total. The molecule has 34 heavy (non-hydrogen) atoms. The molecule has 2 aromatic carbocycles. The molecule has 1 atom stereocenters. The van der Waals surface area contributed by atoms with Gasteiger partial charge in [-0.05, 0) is 30.3 Å². The Morgan fingerprint density at radius 1 is 1.21 bits per heavy atom. The van der Waals surface area contributed by atoms with Crippen molar-refractivity contribution in [3.8, 4) is 16.3 Å². The zero-order chi connectivity index (χ0) is 24.3. The van der Waals surface area contributed by atoms with Crippen LogP contribution < -0.4 is 10.1 Å². The summed E-state index contributed by atoms with van der Waals surface area (Å²) in [5, 5.41) is 7.47. The molecule has 1 aliphatic rings. The van der Waals surface area contributed by atoms with Crippen LogP contribution in [0.25, 0.3) is 10.6 Å². The Labute approximate surface area is 201 Å². The number of rotatable bonds is 8. The number of hydrogen-bond donors (Lipinski definition) is 1. The van der Waals surface area contributed by atoms with Crippen LogP contribution in [-0.4, -0.2) is 30.4 Å². The summed E-state index contributed by atoms with van der Waals surface area (Å²) in [4.78, 5) is 21.0. The molecule has 2 heterocycles. The van der Waals surface area contributed by atoms with Crippen molar-refractivity contribution in [1.29, 1.82) is 0 Å². The maximum atomic E-state index is 12.8. The molecule has 0 aliphatic carbocycles. The molecule has 0 radical (unpaired) electrons. The Hall–Kier alpha value is -3.15. The first-order chi connectivity index (χ1) is 16.3. The molecule has 4 rings (SSSR count). The highest BCUT2D eigenvalue weighted by atomic mass is 35.5. The smallest absolute Gasteiger partial charge is 0.416 e. The highest BCUT2D eigenvalue weighted by molar-refractivity contribution is 7.15. The Bertz CT molecular complexity index is 1220. The van der Waals surface area contributed by atoms with Gasteiger partial charge in [0.05, 0.1) is 27.8 Å². The third-order valence-electron chi connectivity index (χ3n) is 4.74. The second-order valence-corrected chi connectivity index (χ2v) is 8.56. The van der Waals surface area contributed by atoms with Crippen LogP contribution in [0.15, 0.2) is 47.6 Å². The van der Waals surface area contributed by atoms with E-state index in [1.54, 1.807) is 18.2 Å². The van der Waals surface area contributed by atoms with E-state index in [4.69, 9.17) is 25.9 Å². The number of benzene rings is 2. The predicted molar refractivity (Wildman–Crippen MR) is 120 cm³/mol. The summed E-state index contributed by atoms with van der Waals surface area (Å²) in [6, 6.07) is 9.80. The van der Waals surface area contributed by atoms with Crippen molar-refractivity contribution in [3.63, 3.8) is 0 Å². The molecule has 7 nitrogen and oxygen atoms in total. The van der Waals surface area contributed by atoms with Crippen LogP contribution in [0.2, 0.25) is 5.02 Å². The lowest BCUT2D eigenvalue weighted by molar-refractivity contribution is -0.137. The van der Waals surface area contributed by atoms with E-state index >= 15 is 0 Å². The third kappa shape index (κ3) is 5.32.